The summed E-state index contributed by atoms with van der Waals surface area (Å²) in [5, 5.41) is 0. The molecule has 0 aromatic heterocycles. The van der Waals surface area contributed by atoms with Crippen molar-refractivity contribution in [2.24, 2.45) is 11.8 Å². The first-order valence-corrected chi connectivity index (χ1v) is 8.65. The molecule has 1 fully saturated rings. The molecule has 2 unspecified atom stereocenters. The van der Waals surface area contributed by atoms with E-state index >= 15 is 0 Å². The van der Waals surface area contributed by atoms with Gasteiger partial charge in [0.25, 0.3) is 0 Å². The van der Waals surface area contributed by atoms with Gasteiger partial charge in [0.15, 0.2) is 8.32 Å². The summed E-state index contributed by atoms with van der Waals surface area (Å²) in [6.07, 6.45) is 0.948. The lowest BCUT2D eigenvalue weighted by Gasteiger charge is -2.16. The molecule has 1 aliphatic carbocycles. The van der Waals surface area contributed by atoms with Gasteiger partial charge in [-0.15, -0.1) is 0 Å². The van der Waals surface area contributed by atoms with E-state index in [1.54, 1.807) is 0 Å². The molecular formula is C10H20O3Si. The van der Waals surface area contributed by atoms with E-state index in [2.05, 4.69) is 19.6 Å². The van der Waals surface area contributed by atoms with E-state index in [1.165, 1.54) is 0 Å². The molecule has 0 aromatic carbocycles. The molecular weight excluding hydrogens is 196 g/mol. The molecule has 82 valence electrons. The molecule has 0 amide bonds. The zero-order valence-corrected chi connectivity index (χ0v) is 10.5. The molecule has 0 aromatic rings. The van der Waals surface area contributed by atoms with Gasteiger partial charge in [0.1, 0.15) is 0 Å². The third kappa shape index (κ3) is 3.80. The van der Waals surface area contributed by atoms with Gasteiger partial charge < -0.3 is 9.16 Å². The molecule has 14 heavy (non-hydrogen) atoms. The number of hydrogen-bond donors (Lipinski definition) is 0. The Hall–Kier alpha value is -0.353. The van der Waals surface area contributed by atoms with E-state index in [1.807, 2.05) is 6.92 Å². The third-order valence-electron chi connectivity index (χ3n) is 2.24. The molecule has 0 radical (unpaired) electrons. The topological polar surface area (TPSA) is 35.5 Å². The van der Waals surface area contributed by atoms with Crippen molar-refractivity contribution in [1.29, 1.82) is 0 Å². The largest absolute Gasteiger partial charge is 0.466 e. The van der Waals surface area contributed by atoms with Gasteiger partial charge >= 0.3 is 5.97 Å². The fourth-order valence-corrected chi connectivity index (χ4v) is 2.04. The number of esters is 1. The average molecular weight is 216 g/mol. The summed E-state index contributed by atoms with van der Waals surface area (Å²) in [7, 11) is -1.41. The van der Waals surface area contributed by atoms with Crippen molar-refractivity contribution in [1.82, 2.24) is 0 Å². The first kappa shape index (κ1) is 11.7. The maximum absolute atomic E-state index is 11.3. The maximum atomic E-state index is 11.3. The van der Waals surface area contributed by atoms with E-state index in [0.717, 1.165) is 13.0 Å². The lowest BCUT2D eigenvalue weighted by molar-refractivity contribution is -0.145. The molecule has 2 atom stereocenters. The molecule has 0 heterocycles. The van der Waals surface area contributed by atoms with Crippen LogP contribution in [0.15, 0.2) is 0 Å². The van der Waals surface area contributed by atoms with Crippen LogP contribution in [0, 0.1) is 11.8 Å². The molecule has 1 saturated carbocycles. The van der Waals surface area contributed by atoms with Crippen LogP contribution in [-0.2, 0) is 14.0 Å². The van der Waals surface area contributed by atoms with Crippen LogP contribution in [0.1, 0.15) is 13.3 Å². The summed E-state index contributed by atoms with van der Waals surface area (Å²) in [6, 6.07) is 0. The summed E-state index contributed by atoms with van der Waals surface area (Å²) in [5.74, 6) is 0.490. The molecule has 1 rings (SSSR count). The number of carbonyl (C=O) groups is 1. The zero-order valence-electron chi connectivity index (χ0n) is 9.50. The molecule has 0 N–H and O–H groups in total. The van der Waals surface area contributed by atoms with E-state index in [0.29, 0.717) is 12.5 Å². The Morgan fingerprint density at radius 3 is 2.57 bits per heavy atom. The summed E-state index contributed by atoms with van der Waals surface area (Å²) in [5.41, 5.74) is 0. The van der Waals surface area contributed by atoms with Crippen molar-refractivity contribution in [3.63, 3.8) is 0 Å². The summed E-state index contributed by atoms with van der Waals surface area (Å²) >= 11 is 0. The molecule has 0 bridgehead atoms. The van der Waals surface area contributed by atoms with E-state index in [4.69, 9.17) is 9.16 Å². The van der Waals surface area contributed by atoms with Crippen LogP contribution in [0.2, 0.25) is 19.6 Å². The minimum atomic E-state index is -1.41. The van der Waals surface area contributed by atoms with E-state index in [9.17, 15) is 4.79 Å². The highest BCUT2D eigenvalue weighted by atomic mass is 28.4. The number of carbonyl (C=O) groups excluding carboxylic acids is 1. The minimum Gasteiger partial charge on any atom is -0.466 e. The minimum absolute atomic E-state index is 0.0447. The Labute approximate surface area is 86.9 Å². The maximum Gasteiger partial charge on any atom is 0.309 e. The van der Waals surface area contributed by atoms with Gasteiger partial charge in [-0.3, -0.25) is 4.79 Å². The molecule has 3 nitrogen and oxygen atoms in total. The second kappa shape index (κ2) is 4.44. The van der Waals surface area contributed by atoms with Crippen molar-refractivity contribution in [3.05, 3.63) is 0 Å². The fraction of sp³-hybridized carbons (Fsp3) is 0.900. The van der Waals surface area contributed by atoms with E-state index in [-0.39, 0.29) is 11.9 Å². The molecule has 1 aliphatic rings. The van der Waals surface area contributed by atoms with Crippen molar-refractivity contribution < 1.29 is 14.0 Å². The van der Waals surface area contributed by atoms with Crippen molar-refractivity contribution in [2.75, 3.05) is 13.2 Å². The van der Waals surface area contributed by atoms with Crippen molar-refractivity contribution >= 4 is 14.3 Å². The Balaban J connectivity index is 2.17. The second-order valence-electron chi connectivity index (χ2n) is 4.78. The van der Waals surface area contributed by atoms with Gasteiger partial charge in [0.2, 0.25) is 0 Å². The summed E-state index contributed by atoms with van der Waals surface area (Å²) < 4.78 is 10.7. The van der Waals surface area contributed by atoms with Gasteiger partial charge in [-0.1, -0.05) is 0 Å². The Morgan fingerprint density at radius 2 is 2.07 bits per heavy atom. The Bertz CT molecular complexity index is 210. The Morgan fingerprint density at radius 1 is 1.43 bits per heavy atom. The van der Waals surface area contributed by atoms with Crippen LogP contribution < -0.4 is 0 Å². The van der Waals surface area contributed by atoms with Gasteiger partial charge in [0.05, 0.1) is 12.5 Å². The van der Waals surface area contributed by atoms with Crippen molar-refractivity contribution in [3.8, 4) is 0 Å². The predicted octanol–water partition coefficient (Wildman–Crippen LogP) is 2.04. The van der Waals surface area contributed by atoms with Crippen LogP contribution in [0.4, 0.5) is 0 Å². The van der Waals surface area contributed by atoms with E-state index < -0.39 is 8.32 Å². The number of ether oxygens (including phenoxy) is 1. The second-order valence-corrected chi connectivity index (χ2v) is 9.29. The first-order chi connectivity index (χ1) is 6.44. The summed E-state index contributed by atoms with van der Waals surface area (Å²) in [6.45, 7) is 9.54. The predicted molar refractivity (Wildman–Crippen MR) is 57.5 cm³/mol. The fourth-order valence-electron chi connectivity index (χ4n) is 1.33. The highest BCUT2D eigenvalue weighted by Crippen LogP contribution is 2.40. The number of rotatable bonds is 5. The standard InChI is InChI=1S/C10H20O3Si/c1-5-12-10(11)9-6-8(9)7-13-14(2,3)4/h8-9H,5-7H2,1-4H3. The monoisotopic (exact) mass is 216 g/mol. The van der Waals surface area contributed by atoms with Crippen LogP contribution in [0.3, 0.4) is 0 Å². The smallest absolute Gasteiger partial charge is 0.309 e. The van der Waals surface area contributed by atoms with Crippen LogP contribution in [0.25, 0.3) is 0 Å². The zero-order chi connectivity index (χ0) is 10.8. The lowest BCUT2D eigenvalue weighted by atomic mass is 10.3. The quantitative estimate of drug-likeness (QED) is 0.521. The van der Waals surface area contributed by atoms with Crippen molar-refractivity contribution in [2.45, 2.75) is 33.0 Å². The molecule has 0 aliphatic heterocycles. The summed E-state index contributed by atoms with van der Waals surface area (Å²) in [4.78, 5) is 11.3. The van der Waals surface area contributed by atoms with Crippen LogP contribution in [0.5, 0.6) is 0 Å². The van der Waals surface area contributed by atoms with Crippen LogP contribution >= 0.6 is 0 Å². The average Bonchev–Trinajstić information content (AvgIpc) is 2.78. The highest BCUT2D eigenvalue weighted by molar-refractivity contribution is 6.69. The molecule has 0 spiro atoms. The van der Waals surface area contributed by atoms with Gasteiger partial charge in [-0.05, 0) is 38.9 Å². The van der Waals surface area contributed by atoms with Crippen LogP contribution in [-0.4, -0.2) is 27.5 Å². The first-order valence-electron chi connectivity index (χ1n) is 5.24. The molecule has 4 heteroatoms. The normalized spacial score (nSPS) is 26.0. The SMILES string of the molecule is CCOC(=O)C1CC1CO[Si](C)(C)C. The number of hydrogen-bond acceptors (Lipinski definition) is 3. The van der Waals surface area contributed by atoms with Gasteiger partial charge in [-0.25, -0.2) is 0 Å². The highest BCUT2D eigenvalue weighted by Gasteiger charge is 2.44. The Kier molecular flexibility index (Phi) is 3.72. The third-order valence-corrected chi connectivity index (χ3v) is 3.28. The van der Waals surface area contributed by atoms with Gasteiger partial charge in [0, 0.05) is 6.61 Å². The lowest BCUT2D eigenvalue weighted by Crippen LogP contribution is -2.26. The molecule has 0 saturated heterocycles. The van der Waals surface area contributed by atoms with Gasteiger partial charge in [-0.2, -0.15) is 0 Å².